The van der Waals surface area contributed by atoms with Gasteiger partial charge in [0.25, 0.3) is 11.8 Å². The molecule has 1 aromatic rings. The van der Waals surface area contributed by atoms with Crippen molar-refractivity contribution in [2.24, 2.45) is 0 Å². The molecule has 4 heteroatoms. The Bertz CT molecular complexity index is 567. The van der Waals surface area contributed by atoms with Gasteiger partial charge in [-0.2, -0.15) is 0 Å². The van der Waals surface area contributed by atoms with E-state index in [0.29, 0.717) is 6.42 Å². The maximum atomic E-state index is 12.0. The number of amides is 2. The van der Waals surface area contributed by atoms with E-state index in [4.69, 9.17) is 0 Å². The number of carbonyl (C=O) groups is 2. The zero-order valence-electron chi connectivity index (χ0n) is 12.7. The topological polar surface area (TPSA) is 37.4 Å². The molecule has 0 fully saturated rings. The van der Waals surface area contributed by atoms with Gasteiger partial charge >= 0.3 is 0 Å². The Morgan fingerprint density at radius 3 is 2.14 bits per heavy atom. The molecule has 0 bridgehead atoms. The smallest absolute Gasteiger partial charge is 0.254 e. The van der Waals surface area contributed by atoms with Crippen LogP contribution in [0.4, 0.5) is 0 Å². The summed E-state index contributed by atoms with van der Waals surface area (Å²) in [5.41, 5.74) is 3.24. The van der Waals surface area contributed by atoms with Gasteiger partial charge in [-0.3, -0.25) is 14.5 Å². The minimum Gasteiger partial charge on any atom is -0.269 e. The van der Waals surface area contributed by atoms with Gasteiger partial charge in [-0.15, -0.1) is 0 Å². The molecule has 1 aliphatic heterocycles. The molecule has 0 N–H and O–H groups in total. The first-order chi connectivity index (χ1) is 9.88. The normalized spacial score (nSPS) is 17.0. The van der Waals surface area contributed by atoms with Crippen molar-refractivity contribution in [2.45, 2.75) is 32.1 Å². The Hall–Kier alpha value is -1.94. The molecule has 2 rings (SSSR count). The van der Waals surface area contributed by atoms with Gasteiger partial charge in [-0.05, 0) is 12.0 Å². The third-order valence-electron chi connectivity index (χ3n) is 3.32. The Kier molecular flexibility index (Phi) is 4.58. The van der Waals surface area contributed by atoms with Crippen molar-refractivity contribution >= 4 is 19.9 Å². The second-order valence-corrected chi connectivity index (χ2v) is 11.4. The van der Waals surface area contributed by atoms with Crippen LogP contribution in [0.2, 0.25) is 19.6 Å². The van der Waals surface area contributed by atoms with Gasteiger partial charge < -0.3 is 0 Å². The molecule has 0 unspecified atom stereocenters. The molecule has 2 amide bonds. The highest BCUT2D eigenvalue weighted by Gasteiger charge is 2.31. The lowest BCUT2D eigenvalue weighted by molar-refractivity contribution is -0.139. The average Bonchev–Trinajstić information content (AvgIpc) is 2.75. The summed E-state index contributed by atoms with van der Waals surface area (Å²) in [4.78, 5) is 25.3. The van der Waals surface area contributed by atoms with Gasteiger partial charge in [0, 0.05) is 12.2 Å². The van der Waals surface area contributed by atoms with Crippen molar-refractivity contribution in [1.29, 1.82) is 0 Å². The fourth-order valence-corrected chi connectivity index (χ4v) is 3.18. The lowest BCUT2D eigenvalue weighted by Gasteiger charge is -2.26. The summed E-state index contributed by atoms with van der Waals surface area (Å²) in [7, 11) is -1.28. The summed E-state index contributed by atoms with van der Waals surface area (Å²) < 4.78 is 0. The van der Waals surface area contributed by atoms with Gasteiger partial charge in [-0.25, -0.2) is 0 Å². The fourth-order valence-electron chi connectivity index (χ4n) is 2.34. The van der Waals surface area contributed by atoms with Crippen LogP contribution in [-0.4, -0.2) is 24.8 Å². The molecule has 0 aromatic heterocycles. The van der Waals surface area contributed by atoms with E-state index in [1.165, 1.54) is 17.1 Å². The summed E-state index contributed by atoms with van der Waals surface area (Å²) >= 11 is 0. The molecule has 110 valence electrons. The predicted octanol–water partition coefficient (Wildman–Crippen LogP) is 3.48. The molecule has 1 atom stereocenters. The van der Waals surface area contributed by atoms with Crippen molar-refractivity contribution in [3.63, 3.8) is 0 Å². The van der Waals surface area contributed by atoms with Crippen LogP contribution in [0.15, 0.2) is 54.3 Å². The first-order valence-electron chi connectivity index (χ1n) is 7.16. The number of carbonyl (C=O) groups excluding carboxylic acids is 2. The molecule has 21 heavy (non-hydrogen) atoms. The summed E-state index contributed by atoms with van der Waals surface area (Å²) in [6.07, 6.45) is 5.47. The molecular formula is C17H21NO2Si. The molecule has 1 aliphatic rings. The van der Waals surface area contributed by atoms with Gasteiger partial charge in [-0.1, -0.05) is 61.7 Å². The van der Waals surface area contributed by atoms with Gasteiger partial charge in [0.15, 0.2) is 0 Å². The molecule has 3 nitrogen and oxygen atoms in total. The molecule has 0 saturated carbocycles. The van der Waals surface area contributed by atoms with Gasteiger partial charge in [0.1, 0.15) is 0 Å². The predicted molar refractivity (Wildman–Crippen MR) is 87.3 cm³/mol. The highest BCUT2D eigenvalue weighted by Crippen LogP contribution is 2.28. The van der Waals surface area contributed by atoms with Crippen LogP contribution in [0.25, 0.3) is 0 Å². The van der Waals surface area contributed by atoms with Crippen LogP contribution in [-0.2, 0) is 9.59 Å². The Balaban J connectivity index is 2.26. The molecular weight excluding hydrogens is 278 g/mol. The lowest BCUT2D eigenvalue weighted by atomic mass is 10.0. The highest BCUT2D eigenvalue weighted by atomic mass is 28.3. The summed E-state index contributed by atoms with van der Waals surface area (Å²) in [5, 5.41) is 0. The number of benzene rings is 1. The van der Waals surface area contributed by atoms with E-state index in [0.717, 1.165) is 5.56 Å². The van der Waals surface area contributed by atoms with E-state index in [9.17, 15) is 9.59 Å². The van der Waals surface area contributed by atoms with Crippen LogP contribution in [0.5, 0.6) is 0 Å². The zero-order chi connectivity index (χ0) is 15.5. The third kappa shape index (κ3) is 4.01. The lowest BCUT2D eigenvalue weighted by Crippen LogP contribution is -2.34. The Morgan fingerprint density at radius 2 is 1.62 bits per heavy atom. The summed E-state index contributed by atoms with van der Waals surface area (Å²) in [6, 6.07) is 9.50. The molecule has 0 radical (unpaired) electrons. The molecule has 1 aromatic carbocycles. The van der Waals surface area contributed by atoms with E-state index in [-0.39, 0.29) is 17.9 Å². The minimum absolute atomic E-state index is 0.227. The second kappa shape index (κ2) is 6.22. The largest absolute Gasteiger partial charge is 0.269 e. The third-order valence-corrected chi connectivity index (χ3v) is 4.55. The monoisotopic (exact) mass is 299 g/mol. The first kappa shape index (κ1) is 15.4. The van der Waals surface area contributed by atoms with Crippen molar-refractivity contribution in [3.05, 3.63) is 59.8 Å². The first-order valence-corrected chi connectivity index (χ1v) is 10.7. The Labute approximate surface area is 127 Å². The van der Waals surface area contributed by atoms with Crippen LogP contribution >= 0.6 is 0 Å². The van der Waals surface area contributed by atoms with Crippen molar-refractivity contribution in [1.82, 2.24) is 4.90 Å². The van der Waals surface area contributed by atoms with Crippen molar-refractivity contribution < 1.29 is 9.59 Å². The van der Waals surface area contributed by atoms with Crippen molar-refractivity contribution in [3.8, 4) is 0 Å². The number of nitrogens with zero attached hydrogens (tertiary/aromatic N) is 1. The Morgan fingerprint density at radius 1 is 1.05 bits per heavy atom. The molecule has 1 heterocycles. The standard InChI is InChI=1S/C17H21NO2Si/c1-21(2,3)13-7-10-15(14-8-5-4-6-9-14)18-16(19)11-12-17(18)20/h4-9,11-13,15H,10H2,1-3H3/b13-7+/t15-/m0/s1. The van der Waals surface area contributed by atoms with Crippen molar-refractivity contribution in [2.75, 3.05) is 0 Å². The quantitative estimate of drug-likeness (QED) is 0.616. The highest BCUT2D eigenvalue weighted by molar-refractivity contribution is 6.80. The van der Waals surface area contributed by atoms with E-state index in [2.05, 4.69) is 31.4 Å². The van der Waals surface area contributed by atoms with Gasteiger partial charge in [0.2, 0.25) is 0 Å². The zero-order valence-corrected chi connectivity index (χ0v) is 13.7. The number of rotatable bonds is 5. The van der Waals surface area contributed by atoms with Gasteiger partial charge in [0.05, 0.1) is 14.1 Å². The molecule has 0 spiro atoms. The summed E-state index contributed by atoms with van der Waals surface area (Å²) in [6.45, 7) is 6.78. The maximum absolute atomic E-state index is 12.0. The van der Waals surface area contributed by atoms with E-state index in [1.807, 2.05) is 30.3 Å². The van der Waals surface area contributed by atoms with Crippen LogP contribution in [0, 0.1) is 0 Å². The van der Waals surface area contributed by atoms with E-state index >= 15 is 0 Å². The van der Waals surface area contributed by atoms with Crippen LogP contribution in [0.1, 0.15) is 18.0 Å². The average molecular weight is 299 g/mol. The molecule has 0 saturated heterocycles. The van der Waals surface area contributed by atoms with Crippen LogP contribution < -0.4 is 0 Å². The SMILES string of the molecule is C[Si](C)(C)/C=C/C[C@@H](c1ccccc1)N1C(=O)C=CC1=O. The maximum Gasteiger partial charge on any atom is 0.254 e. The fraction of sp³-hybridized carbons (Fsp3) is 0.294. The van der Waals surface area contributed by atoms with E-state index < -0.39 is 8.07 Å². The molecule has 0 aliphatic carbocycles. The number of hydrogen-bond donors (Lipinski definition) is 0. The number of hydrogen-bond acceptors (Lipinski definition) is 2. The summed E-state index contributed by atoms with van der Waals surface area (Å²) in [5.74, 6) is -0.453. The van der Waals surface area contributed by atoms with E-state index in [1.54, 1.807) is 0 Å². The number of imide groups is 1. The van der Waals surface area contributed by atoms with Crippen LogP contribution in [0.3, 0.4) is 0 Å². The minimum atomic E-state index is -1.28. The second-order valence-electron chi connectivity index (χ2n) is 6.31.